The van der Waals surface area contributed by atoms with Crippen LogP contribution in [-0.2, 0) is 10.3 Å². The molecule has 0 heterocycles. The first-order chi connectivity index (χ1) is 7.42. The molecule has 1 rings (SSSR count). The van der Waals surface area contributed by atoms with Crippen molar-refractivity contribution < 1.29 is 14.3 Å². The van der Waals surface area contributed by atoms with Gasteiger partial charge in [-0.25, -0.2) is 9.18 Å². The molecule has 4 heteroatoms. The van der Waals surface area contributed by atoms with Gasteiger partial charge in [0.1, 0.15) is 11.4 Å². The van der Waals surface area contributed by atoms with Crippen LogP contribution in [0, 0.1) is 5.82 Å². The highest BCUT2D eigenvalue weighted by molar-refractivity contribution is 5.80. The van der Waals surface area contributed by atoms with Gasteiger partial charge >= 0.3 is 5.97 Å². The number of carboxylic acids is 1. The van der Waals surface area contributed by atoms with Crippen LogP contribution in [0.25, 0.3) is 0 Å². The molecule has 16 heavy (non-hydrogen) atoms. The molecule has 0 aliphatic rings. The largest absolute Gasteiger partial charge is 0.480 e. The average molecular weight is 225 g/mol. The van der Waals surface area contributed by atoms with E-state index < -0.39 is 17.3 Å². The Morgan fingerprint density at radius 3 is 2.62 bits per heavy atom. The number of hydrogen-bond donors (Lipinski definition) is 1. The minimum absolute atomic E-state index is 0.422. The topological polar surface area (TPSA) is 40.5 Å². The molecule has 1 aromatic rings. The van der Waals surface area contributed by atoms with Gasteiger partial charge in [-0.3, -0.25) is 4.90 Å². The molecule has 0 fully saturated rings. The van der Waals surface area contributed by atoms with Crippen molar-refractivity contribution in [2.24, 2.45) is 0 Å². The Bertz CT molecular complexity index is 394. The van der Waals surface area contributed by atoms with Crippen LogP contribution in [0.4, 0.5) is 4.39 Å². The van der Waals surface area contributed by atoms with E-state index in [1.54, 1.807) is 24.9 Å². The van der Waals surface area contributed by atoms with Gasteiger partial charge in [-0.2, -0.15) is 0 Å². The van der Waals surface area contributed by atoms with Crippen molar-refractivity contribution in [3.05, 3.63) is 35.6 Å². The van der Waals surface area contributed by atoms with Crippen molar-refractivity contribution in [1.82, 2.24) is 4.90 Å². The fraction of sp³-hybridized carbons (Fsp3) is 0.417. The number of carboxylic acid groups (broad SMARTS) is 1. The summed E-state index contributed by atoms with van der Waals surface area (Å²) >= 11 is 0. The van der Waals surface area contributed by atoms with Gasteiger partial charge in [0.2, 0.25) is 0 Å². The zero-order chi connectivity index (χ0) is 12.3. The van der Waals surface area contributed by atoms with Crippen LogP contribution in [0.15, 0.2) is 24.3 Å². The van der Waals surface area contributed by atoms with Crippen molar-refractivity contribution in [2.45, 2.75) is 19.4 Å². The number of hydrogen-bond acceptors (Lipinski definition) is 2. The SMILES string of the molecule is CCN(C)C(C)(C(=O)O)c1cccc(F)c1. The predicted octanol–water partition coefficient (Wildman–Crippen LogP) is 2.08. The first-order valence-electron chi connectivity index (χ1n) is 5.13. The Hall–Kier alpha value is -1.42. The summed E-state index contributed by atoms with van der Waals surface area (Å²) < 4.78 is 13.1. The molecule has 0 aromatic heterocycles. The molecule has 3 nitrogen and oxygen atoms in total. The lowest BCUT2D eigenvalue weighted by Gasteiger charge is -2.34. The zero-order valence-electron chi connectivity index (χ0n) is 9.70. The highest BCUT2D eigenvalue weighted by Crippen LogP contribution is 2.27. The normalized spacial score (nSPS) is 14.8. The Morgan fingerprint density at radius 1 is 1.56 bits per heavy atom. The Labute approximate surface area is 94.5 Å². The first-order valence-corrected chi connectivity index (χ1v) is 5.13. The van der Waals surface area contributed by atoms with Gasteiger partial charge in [-0.1, -0.05) is 19.1 Å². The summed E-state index contributed by atoms with van der Waals surface area (Å²) in [5, 5.41) is 9.31. The van der Waals surface area contributed by atoms with E-state index in [1.807, 2.05) is 6.92 Å². The molecule has 0 saturated carbocycles. The van der Waals surface area contributed by atoms with Gasteiger partial charge < -0.3 is 5.11 Å². The molecule has 0 saturated heterocycles. The number of rotatable bonds is 4. The highest BCUT2D eigenvalue weighted by Gasteiger charge is 2.38. The van der Waals surface area contributed by atoms with E-state index in [0.29, 0.717) is 12.1 Å². The molecule has 0 aliphatic heterocycles. The molecule has 0 bridgehead atoms. The van der Waals surface area contributed by atoms with Gasteiger partial charge in [0.05, 0.1) is 0 Å². The second-order valence-electron chi connectivity index (χ2n) is 3.90. The lowest BCUT2D eigenvalue weighted by molar-refractivity contribution is -0.150. The first kappa shape index (κ1) is 12.6. The smallest absolute Gasteiger partial charge is 0.328 e. The van der Waals surface area contributed by atoms with E-state index in [2.05, 4.69) is 0 Å². The summed E-state index contributed by atoms with van der Waals surface area (Å²) in [7, 11) is 1.71. The van der Waals surface area contributed by atoms with Crippen molar-refractivity contribution >= 4 is 5.97 Å². The molecular weight excluding hydrogens is 209 g/mol. The van der Waals surface area contributed by atoms with Crippen LogP contribution >= 0.6 is 0 Å². The standard InChI is InChI=1S/C12H16FNO2/c1-4-14(3)12(2,11(15)16)9-6-5-7-10(13)8-9/h5-8H,4H2,1-3H3,(H,15,16). The predicted molar refractivity (Wildman–Crippen MR) is 59.7 cm³/mol. The van der Waals surface area contributed by atoms with Gasteiger partial charge in [-0.15, -0.1) is 0 Å². The maximum absolute atomic E-state index is 13.1. The van der Waals surface area contributed by atoms with Gasteiger partial charge in [0, 0.05) is 0 Å². The van der Waals surface area contributed by atoms with Gasteiger partial charge in [0.25, 0.3) is 0 Å². The van der Waals surface area contributed by atoms with Gasteiger partial charge in [0.15, 0.2) is 0 Å². The summed E-state index contributed by atoms with van der Waals surface area (Å²) in [5.74, 6) is -1.41. The Morgan fingerprint density at radius 2 is 2.19 bits per heavy atom. The van der Waals surface area contributed by atoms with Crippen molar-refractivity contribution in [3.63, 3.8) is 0 Å². The molecule has 0 amide bonds. The van der Waals surface area contributed by atoms with E-state index in [4.69, 9.17) is 0 Å². The third-order valence-corrected chi connectivity index (χ3v) is 3.04. The molecular formula is C12H16FNO2. The third kappa shape index (κ3) is 2.07. The summed E-state index contributed by atoms with van der Waals surface area (Å²) in [6.45, 7) is 4.01. The second-order valence-corrected chi connectivity index (χ2v) is 3.90. The van der Waals surface area contributed by atoms with Crippen LogP contribution in [0.2, 0.25) is 0 Å². The number of benzene rings is 1. The summed E-state index contributed by atoms with van der Waals surface area (Å²) in [6, 6.07) is 5.72. The quantitative estimate of drug-likeness (QED) is 0.852. The third-order valence-electron chi connectivity index (χ3n) is 3.04. The number of carbonyl (C=O) groups is 1. The van der Waals surface area contributed by atoms with Gasteiger partial charge in [-0.05, 0) is 38.2 Å². The molecule has 1 unspecified atom stereocenters. The molecule has 1 atom stereocenters. The number of likely N-dealkylation sites (N-methyl/N-ethyl adjacent to an activating group) is 1. The minimum atomic E-state index is -1.20. The van der Waals surface area contributed by atoms with E-state index in [1.165, 1.54) is 18.2 Å². The fourth-order valence-electron chi connectivity index (χ4n) is 1.61. The second kappa shape index (κ2) is 4.61. The van der Waals surface area contributed by atoms with Crippen molar-refractivity contribution in [3.8, 4) is 0 Å². The van der Waals surface area contributed by atoms with E-state index in [9.17, 15) is 14.3 Å². The monoisotopic (exact) mass is 225 g/mol. The van der Waals surface area contributed by atoms with Crippen molar-refractivity contribution in [1.29, 1.82) is 0 Å². The van der Waals surface area contributed by atoms with Crippen LogP contribution < -0.4 is 0 Å². The maximum Gasteiger partial charge on any atom is 0.328 e. The fourth-order valence-corrected chi connectivity index (χ4v) is 1.61. The zero-order valence-corrected chi connectivity index (χ0v) is 9.70. The number of halogens is 1. The lowest BCUT2D eigenvalue weighted by atomic mass is 9.90. The molecule has 1 N–H and O–H groups in total. The molecule has 0 radical (unpaired) electrons. The van der Waals surface area contributed by atoms with E-state index >= 15 is 0 Å². The van der Waals surface area contributed by atoms with Crippen LogP contribution in [0.5, 0.6) is 0 Å². The molecule has 1 aromatic carbocycles. The number of aliphatic carboxylic acids is 1. The van der Waals surface area contributed by atoms with Crippen molar-refractivity contribution in [2.75, 3.05) is 13.6 Å². The number of nitrogens with zero attached hydrogens (tertiary/aromatic N) is 1. The van der Waals surface area contributed by atoms with Crippen LogP contribution in [0.3, 0.4) is 0 Å². The van der Waals surface area contributed by atoms with Crippen LogP contribution in [-0.4, -0.2) is 29.6 Å². The highest BCUT2D eigenvalue weighted by atomic mass is 19.1. The van der Waals surface area contributed by atoms with E-state index in [-0.39, 0.29) is 0 Å². The summed E-state index contributed by atoms with van der Waals surface area (Å²) in [5.41, 5.74) is -0.749. The summed E-state index contributed by atoms with van der Waals surface area (Å²) in [4.78, 5) is 13.0. The average Bonchev–Trinajstić information content (AvgIpc) is 2.26. The van der Waals surface area contributed by atoms with E-state index in [0.717, 1.165) is 0 Å². The lowest BCUT2D eigenvalue weighted by Crippen LogP contribution is -2.47. The van der Waals surface area contributed by atoms with Crippen LogP contribution in [0.1, 0.15) is 19.4 Å². The Kier molecular flexibility index (Phi) is 3.65. The summed E-state index contributed by atoms with van der Waals surface area (Å²) in [6.07, 6.45) is 0. The molecule has 88 valence electrons. The molecule has 0 spiro atoms. The maximum atomic E-state index is 13.1. The minimum Gasteiger partial charge on any atom is -0.480 e. The Balaban J connectivity index is 3.27. The molecule has 0 aliphatic carbocycles.